The first-order valence-corrected chi connectivity index (χ1v) is 10.6. The van der Waals surface area contributed by atoms with Crippen LogP contribution in [0.2, 0.25) is 0 Å². The summed E-state index contributed by atoms with van der Waals surface area (Å²) in [5, 5.41) is 3.29. The van der Waals surface area contributed by atoms with Crippen LogP contribution >= 0.6 is 24.0 Å². The van der Waals surface area contributed by atoms with Crippen molar-refractivity contribution in [2.45, 2.75) is 47.7 Å². The minimum atomic E-state index is 0. The van der Waals surface area contributed by atoms with Gasteiger partial charge in [0.25, 0.3) is 0 Å². The van der Waals surface area contributed by atoms with Gasteiger partial charge in [-0.2, -0.15) is 0 Å². The Balaban J connectivity index is 0.00000784. The highest BCUT2D eigenvalue weighted by molar-refractivity contribution is 14.0. The Hall–Kier alpha value is -1.35. The van der Waals surface area contributed by atoms with Crippen molar-refractivity contribution in [1.82, 2.24) is 20.0 Å². The summed E-state index contributed by atoms with van der Waals surface area (Å²) in [6.07, 6.45) is 0. The minimum absolute atomic E-state index is 0. The van der Waals surface area contributed by atoms with E-state index in [1.165, 1.54) is 11.1 Å². The smallest absolute Gasteiger partial charge is 0.242 e. The van der Waals surface area contributed by atoms with E-state index in [0.717, 1.165) is 45.2 Å². The second kappa shape index (κ2) is 15.5. The first kappa shape index (κ1) is 27.6. The van der Waals surface area contributed by atoms with E-state index in [1.54, 1.807) is 0 Å². The molecule has 1 rings (SSSR count). The topological polar surface area (TPSA) is 51.2 Å². The molecule has 0 aromatic heterocycles. The van der Waals surface area contributed by atoms with Crippen LogP contribution in [0.15, 0.2) is 29.3 Å². The van der Waals surface area contributed by atoms with Crippen molar-refractivity contribution in [1.29, 1.82) is 0 Å². The van der Waals surface area contributed by atoms with Gasteiger partial charge in [0, 0.05) is 33.2 Å². The standard InChI is InChI=1S/C22H39N5O.HI/c1-7-23-22(25(6)18-21(28)27(10-4)11-5)24-16-19-13-12-14-20(15-19)17-26(8-2)9-3;/h12-15H,7-11,16-18H2,1-6H3,(H,23,24);1H. The highest BCUT2D eigenvalue weighted by Crippen LogP contribution is 2.10. The monoisotopic (exact) mass is 517 g/mol. The number of hydrogen-bond donors (Lipinski definition) is 1. The Labute approximate surface area is 194 Å². The molecule has 0 atom stereocenters. The summed E-state index contributed by atoms with van der Waals surface area (Å²) in [5.74, 6) is 0.886. The summed E-state index contributed by atoms with van der Waals surface area (Å²) in [5.41, 5.74) is 2.50. The quantitative estimate of drug-likeness (QED) is 0.278. The van der Waals surface area contributed by atoms with E-state index in [4.69, 9.17) is 4.99 Å². The van der Waals surface area contributed by atoms with Crippen molar-refractivity contribution in [3.63, 3.8) is 0 Å². The van der Waals surface area contributed by atoms with Gasteiger partial charge >= 0.3 is 0 Å². The molecular weight excluding hydrogens is 477 g/mol. The molecule has 1 aromatic carbocycles. The van der Waals surface area contributed by atoms with Crippen molar-refractivity contribution >= 4 is 35.8 Å². The van der Waals surface area contributed by atoms with Gasteiger partial charge < -0.3 is 15.1 Å². The minimum Gasteiger partial charge on any atom is -0.357 e. The fourth-order valence-electron chi connectivity index (χ4n) is 3.12. The Bertz CT molecular complexity index is 615. The number of rotatable bonds is 11. The average Bonchev–Trinajstić information content (AvgIpc) is 2.70. The number of nitrogens with zero attached hydrogens (tertiary/aromatic N) is 4. The number of guanidine groups is 1. The molecular formula is C22H40IN5O. The predicted octanol–water partition coefficient (Wildman–Crippen LogP) is 3.41. The van der Waals surface area contributed by atoms with E-state index in [9.17, 15) is 4.79 Å². The third-order valence-corrected chi connectivity index (χ3v) is 4.89. The maximum Gasteiger partial charge on any atom is 0.242 e. The fraction of sp³-hybridized carbons (Fsp3) is 0.636. The molecule has 0 heterocycles. The van der Waals surface area contributed by atoms with Gasteiger partial charge in [-0.25, -0.2) is 4.99 Å². The maximum atomic E-state index is 12.4. The molecule has 166 valence electrons. The number of halogens is 1. The van der Waals surface area contributed by atoms with Gasteiger partial charge in [0.2, 0.25) is 5.91 Å². The second-order valence-corrected chi connectivity index (χ2v) is 6.87. The molecule has 6 nitrogen and oxygen atoms in total. The summed E-state index contributed by atoms with van der Waals surface area (Å²) in [4.78, 5) is 23.3. The fourth-order valence-corrected chi connectivity index (χ4v) is 3.12. The zero-order valence-corrected chi connectivity index (χ0v) is 21.4. The van der Waals surface area contributed by atoms with Gasteiger partial charge in [-0.1, -0.05) is 38.1 Å². The zero-order valence-electron chi connectivity index (χ0n) is 19.1. The number of benzene rings is 1. The van der Waals surface area contributed by atoms with E-state index in [0.29, 0.717) is 13.1 Å². The van der Waals surface area contributed by atoms with E-state index in [2.05, 4.69) is 48.3 Å². The molecule has 0 aliphatic rings. The predicted molar refractivity (Wildman–Crippen MR) is 134 cm³/mol. The largest absolute Gasteiger partial charge is 0.357 e. The Kier molecular flexibility index (Phi) is 14.8. The van der Waals surface area contributed by atoms with Crippen molar-refractivity contribution in [2.75, 3.05) is 46.3 Å². The van der Waals surface area contributed by atoms with E-state index in [1.807, 2.05) is 37.6 Å². The number of likely N-dealkylation sites (N-methyl/N-ethyl adjacent to an activating group) is 2. The maximum absolute atomic E-state index is 12.4. The SMILES string of the molecule is CCNC(=NCc1cccc(CN(CC)CC)c1)N(C)CC(=O)N(CC)CC.I. The molecule has 7 heteroatoms. The lowest BCUT2D eigenvalue weighted by Crippen LogP contribution is -2.45. The highest BCUT2D eigenvalue weighted by atomic mass is 127. The number of carbonyl (C=O) groups excluding carboxylic acids is 1. The molecule has 0 saturated carbocycles. The van der Waals surface area contributed by atoms with Gasteiger partial charge in [0.05, 0.1) is 13.1 Å². The van der Waals surface area contributed by atoms with Gasteiger partial charge in [-0.15, -0.1) is 24.0 Å². The van der Waals surface area contributed by atoms with Crippen molar-refractivity contribution in [2.24, 2.45) is 4.99 Å². The van der Waals surface area contributed by atoms with Crippen LogP contribution in [0.4, 0.5) is 0 Å². The molecule has 0 radical (unpaired) electrons. The molecule has 1 amide bonds. The Morgan fingerprint density at radius 3 is 2.17 bits per heavy atom. The number of hydrogen-bond acceptors (Lipinski definition) is 3. The second-order valence-electron chi connectivity index (χ2n) is 6.87. The van der Waals surface area contributed by atoms with Crippen LogP contribution in [0.3, 0.4) is 0 Å². The van der Waals surface area contributed by atoms with Gasteiger partial charge in [0.1, 0.15) is 0 Å². The third-order valence-electron chi connectivity index (χ3n) is 4.89. The van der Waals surface area contributed by atoms with Crippen LogP contribution in [-0.2, 0) is 17.9 Å². The van der Waals surface area contributed by atoms with Gasteiger partial charge in [0.15, 0.2) is 5.96 Å². The number of nitrogens with one attached hydrogen (secondary N) is 1. The first-order valence-electron chi connectivity index (χ1n) is 10.6. The van der Waals surface area contributed by atoms with Crippen molar-refractivity contribution in [3.8, 4) is 0 Å². The van der Waals surface area contributed by atoms with Crippen LogP contribution in [0.1, 0.15) is 45.7 Å². The molecule has 0 saturated heterocycles. The summed E-state index contributed by atoms with van der Waals surface area (Å²) < 4.78 is 0. The number of aliphatic imine (C=N–C) groups is 1. The zero-order chi connectivity index (χ0) is 20.9. The van der Waals surface area contributed by atoms with Crippen LogP contribution in [0.25, 0.3) is 0 Å². The summed E-state index contributed by atoms with van der Waals surface area (Å²) >= 11 is 0. The number of amides is 1. The molecule has 0 aliphatic heterocycles. The number of carbonyl (C=O) groups is 1. The third kappa shape index (κ3) is 9.80. The van der Waals surface area contributed by atoms with E-state index in [-0.39, 0.29) is 29.9 Å². The summed E-state index contributed by atoms with van der Waals surface area (Å²) in [6, 6.07) is 8.61. The molecule has 0 aliphatic carbocycles. The summed E-state index contributed by atoms with van der Waals surface area (Å²) in [6.45, 7) is 16.7. The molecule has 0 spiro atoms. The average molecular weight is 518 g/mol. The van der Waals surface area contributed by atoms with Crippen LogP contribution < -0.4 is 5.32 Å². The Morgan fingerprint density at radius 2 is 1.62 bits per heavy atom. The molecule has 29 heavy (non-hydrogen) atoms. The van der Waals surface area contributed by atoms with E-state index < -0.39 is 0 Å². The molecule has 0 unspecified atom stereocenters. The Morgan fingerprint density at radius 1 is 1.00 bits per heavy atom. The lowest BCUT2D eigenvalue weighted by atomic mass is 10.1. The normalized spacial score (nSPS) is 11.2. The van der Waals surface area contributed by atoms with E-state index >= 15 is 0 Å². The lowest BCUT2D eigenvalue weighted by molar-refractivity contribution is -0.131. The van der Waals surface area contributed by atoms with Crippen LogP contribution in [0, 0.1) is 0 Å². The van der Waals surface area contributed by atoms with Crippen LogP contribution in [-0.4, -0.2) is 72.9 Å². The van der Waals surface area contributed by atoms with Crippen LogP contribution in [0.5, 0.6) is 0 Å². The first-order chi connectivity index (χ1) is 13.5. The van der Waals surface area contributed by atoms with Crippen molar-refractivity contribution in [3.05, 3.63) is 35.4 Å². The van der Waals surface area contributed by atoms with Crippen molar-refractivity contribution < 1.29 is 4.79 Å². The van der Waals surface area contributed by atoms with Gasteiger partial charge in [-0.05, 0) is 45.0 Å². The molecule has 0 bridgehead atoms. The summed E-state index contributed by atoms with van der Waals surface area (Å²) in [7, 11) is 1.92. The highest BCUT2D eigenvalue weighted by Gasteiger charge is 2.15. The lowest BCUT2D eigenvalue weighted by Gasteiger charge is -2.25. The molecule has 0 fully saturated rings. The van der Waals surface area contributed by atoms with Gasteiger partial charge in [-0.3, -0.25) is 9.69 Å². The molecule has 1 aromatic rings. The molecule has 1 N–H and O–H groups in total.